The Kier molecular flexibility index (Phi) is 5.20. The first-order valence-electron chi connectivity index (χ1n) is 8.58. The summed E-state index contributed by atoms with van der Waals surface area (Å²) in [4.78, 5) is 16.1. The lowest BCUT2D eigenvalue weighted by Gasteiger charge is -2.27. The molecule has 0 bridgehead atoms. The van der Waals surface area contributed by atoms with Crippen LogP contribution in [0.4, 0.5) is 5.95 Å². The van der Waals surface area contributed by atoms with Gasteiger partial charge in [-0.25, -0.2) is 9.97 Å². The minimum absolute atomic E-state index is 0.522. The molecule has 0 spiro atoms. The molecule has 0 radical (unpaired) electrons. The molecule has 5 heteroatoms. The van der Waals surface area contributed by atoms with Crippen LogP contribution >= 0.6 is 0 Å². The molecule has 5 nitrogen and oxygen atoms in total. The van der Waals surface area contributed by atoms with Crippen molar-refractivity contribution in [1.29, 1.82) is 0 Å². The summed E-state index contributed by atoms with van der Waals surface area (Å²) >= 11 is 0. The smallest absolute Gasteiger partial charge is 0.226 e. The summed E-state index contributed by atoms with van der Waals surface area (Å²) in [5.41, 5.74) is 10.8. The van der Waals surface area contributed by atoms with E-state index in [1.54, 1.807) is 7.05 Å². The van der Waals surface area contributed by atoms with Crippen molar-refractivity contribution in [2.24, 2.45) is 10.7 Å². The lowest BCUT2D eigenvalue weighted by Crippen LogP contribution is -2.31. The van der Waals surface area contributed by atoms with Gasteiger partial charge in [-0.2, -0.15) is 0 Å². The van der Waals surface area contributed by atoms with E-state index >= 15 is 0 Å². The predicted octanol–water partition coefficient (Wildman–Crippen LogP) is 2.95. The Morgan fingerprint density at radius 1 is 1.21 bits per heavy atom. The first-order valence-corrected chi connectivity index (χ1v) is 8.58. The molecule has 1 aromatic heterocycles. The van der Waals surface area contributed by atoms with Crippen LogP contribution in [0.1, 0.15) is 36.1 Å². The fraction of sp³-hybridized carbons (Fsp3) is 0.421. The molecule has 0 saturated carbocycles. The van der Waals surface area contributed by atoms with Crippen molar-refractivity contribution in [3.63, 3.8) is 0 Å². The topological polar surface area (TPSA) is 67.4 Å². The normalized spacial score (nSPS) is 15.2. The van der Waals surface area contributed by atoms with Crippen LogP contribution in [0.15, 0.2) is 29.3 Å². The molecule has 2 heterocycles. The summed E-state index contributed by atoms with van der Waals surface area (Å²) in [7, 11) is 1.78. The molecule has 0 unspecified atom stereocenters. The van der Waals surface area contributed by atoms with E-state index in [1.165, 1.54) is 19.3 Å². The van der Waals surface area contributed by atoms with Gasteiger partial charge in [0, 0.05) is 44.0 Å². The van der Waals surface area contributed by atoms with Gasteiger partial charge in [-0.3, -0.25) is 4.99 Å². The number of hydrogen-bond acceptors (Lipinski definition) is 5. The van der Waals surface area contributed by atoms with E-state index in [0.717, 1.165) is 47.1 Å². The molecule has 2 N–H and O–H groups in total. The summed E-state index contributed by atoms with van der Waals surface area (Å²) in [6, 6.07) is 8.25. The Balaban J connectivity index is 2.11. The molecular weight excluding hydrogens is 298 g/mol. The van der Waals surface area contributed by atoms with Crippen LogP contribution in [0.3, 0.4) is 0 Å². The van der Waals surface area contributed by atoms with Crippen molar-refractivity contribution in [1.82, 2.24) is 9.97 Å². The predicted molar refractivity (Wildman–Crippen MR) is 99.7 cm³/mol. The maximum absolute atomic E-state index is 5.80. The van der Waals surface area contributed by atoms with Crippen LogP contribution in [0.2, 0.25) is 0 Å². The van der Waals surface area contributed by atoms with Crippen molar-refractivity contribution in [3.05, 3.63) is 41.1 Å². The largest absolute Gasteiger partial charge is 0.341 e. The highest BCUT2D eigenvalue weighted by molar-refractivity contribution is 5.90. The van der Waals surface area contributed by atoms with E-state index in [9.17, 15) is 0 Å². The number of aryl methyl sites for hydroxylation is 1. The lowest BCUT2D eigenvalue weighted by atomic mass is 10.0. The van der Waals surface area contributed by atoms with Gasteiger partial charge < -0.3 is 10.6 Å². The van der Waals surface area contributed by atoms with Gasteiger partial charge in [-0.05, 0) is 37.8 Å². The number of piperidine rings is 1. The maximum Gasteiger partial charge on any atom is 0.226 e. The molecule has 126 valence electrons. The first-order chi connectivity index (χ1) is 11.7. The lowest BCUT2D eigenvalue weighted by molar-refractivity contribution is 0.568. The second-order valence-electron chi connectivity index (χ2n) is 6.21. The van der Waals surface area contributed by atoms with Gasteiger partial charge in [0.2, 0.25) is 5.95 Å². The molecular formula is C19H25N5. The third kappa shape index (κ3) is 3.46. The molecule has 3 rings (SSSR count). The van der Waals surface area contributed by atoms with Crippen molar-refractivity contribution in [3.8, 4) is 11.3 Å². The highest BCUT2D eigenvalue weighted by Gasteiger charge is 2.18. The molecule has 1 fully saturated rings. The van der Waals surface area contributed by atoms with Crippen molar-refractivity contribution < 1.29 is 0 Å². The Bertz CT molecular complexity index is 733. The minimum Gasteiger partial charge on any atom is -0.341 e. The van der Waals surface area contributed by atoms with E-state index in [2.05, 4.69) is 22.0 Å². The molecule has 2 aromatic rings. The highest BCUT2D eigenvalue weighted by Crippen LogP contribution is 2.27. The number of aliphatic imine (C=N–C) groups is 1. The van der Waals surface area contributed by atoms with Crippen LogP contribution in [-0.4, -0.2) is 36.3 Å². The van der Waals surface area contributed by atoms with Gasteiger partial charge >= 0.3 is 0 Å². The second-order valence-corrected chi connectivity index (χ2v) is 6.21. The molecule has 0 atom stereocenters. The van der Waals surface area contributed by atoms with Crippen LogP contribution in [-0.2, 0) is 6.54 Å². The zero-order chi connectivity index (χ0) is 16.9. The fourth-order valence-electron chi connectivity index (χ4n) is 3.15. The number of aromatic nitrogens is 2. The van der Waals surface area contributed by atoms with Crippen LogP contribution in [0.5, 0.6) is 0 Å². The Morgan fingerprint density at radius 2 is 2.00 bits per heavy atom. The minimum atomic E-state index is 0.522. The average molecular weight is 323 g/mol. The number of hydrogen-bond donors (Lipinski definition) is 1. The highest BCUT2D eigenvalue weighted by atomic mass is 15.3. The summed E-state index contributed by atoms with van der Waals surface area (Å²) in [6.07, 6.45) is 5.55. The first kappa shape index (κ1) is 16.6. The summed E-state index contributed by atoms with van der Waals surface area (Å²) in [5, 5.41) is 0. The monoisotopic (exact) mass is 323 g/mol. The van der Waals surface area contributed by atoms with E-state index in [0.29, 0.717) is 6.54 Å². The standard InChI is InChI=1S/C19H25N5/c1-14-17(13-21-2)18(16-8-6-7-15(11-16)12-20)23-19(22-14)24-9-4-3-5-10-24/h6-8,11,13H,3-5,9-10,12,20H2,1-2H3/b21-13-. The summed E-state index contributed by atoms with van der Waals surface area (Å²) < 4.78 is 0. The molecule has 1 aliphatic heterocycles. The van der Waals surface area contributed by atoms with Gasteiger partial charge in [0.05, 0.1) is 11.4 Å². The van der Waals surface area contributed by atoms with Crippen molar-refractivity contribution in [2.45, 2.75) is 32.7 Å². The number of anilines is 1. The fourth-order valence-corrected chi connectivity index (χ4v) is 3.15. The van der Waals surface area contributed by atoms with E-state index in [1.807, 2.05) is 25.3 Å². The Morgan fingerprint density at radius 3 is 2.71 bits per heavy atom. The molecule has 1 aliphatic rings. The molecule has 0 aliphatic carbocycles. The zero-order valence-electron chi connectivity index (χ0n) is 14.5. The molecule has 24 heavy (non-hydrogen) atoms. The number of nitrogens with two attached hydrogens (primary N) is 1. The van der Waals surface area contributed by atoms with E-state index in [4.69, 9.17) is 15.7 Å². The third-order valence-corrected chi connectivity index (χ3v) is 4.46. The molecule has 1 aromatic carbocycles. The maximum atomic E-state index is 5.80. The Labute approximate surface area is 143 Å². The number of rotatable bonds is 4. The average Bonchev–Trinajstić information content (AvgIpc) is 2.64. The molecule has 1 saturated heterocycles. The van der Waals surface area contributed by atoms with E-state index < -0.39 is 0 Å². The van der Waals surface area contributed by atoms with Gasteiger partial charge in [0.1, 0.15) is 0 Å². The van der Waals surface area contributed by atoms with Gasteiger partial charge in [-0.1, -0.05) is 18.2 Å². The van der Waals surface area contributed by atoms with Crippen molar-refractivity contribution in [2.75, 3.05) is 25.0 Å². The number of benzene rings is 1. The van der Waals surface area contributed by atoms with Crippen LogP contribution < -0.4 is 10.6 Å². The van der Waals surface area contributed by atoms with E-state index in [-0.39, 0.29) is 0 Å². The second kappa shape index (κ2) is 7.53. The summed E-state index contributed by atoms with van der Waals surface area (Å²) in [5.74, 6) is 0.827. The van der Waals surface area contributed by atoms with Gasteiger partial charge in [-0.15, -0.1) is 0 Å². The van der Waals surface area contributed by atoms with Crippen LogP contribution in [0.25, 0.3) is 11.3 Å². The quantitative estimate of drug-likeness (QED) is 0.879. The molecule has 0 amide bonds. The van der Waals surface area contributed by atoms with Crippen LogP contribution in [0, 0.1) is 6.92 Å². The Hall–Kier alpha value is -2.27. The van der Waals surface area contributed by atoms with Crippen molar-refractivity contribution >= 4 is 12.2 Å². The third-order valence-electron chi connectivity index (χ3n) is 4.46. The number of nitrogens with zero attached hydrogens (tertiary/aromatic N) is 4. The summed E-state index contributed by atoms with van der Waals surface area (Å²) in [6.45, 7) is 4.61. The zero-order valence-corrected chi connectivity index (χ0v) is 14.5. The van der Waals surface area contributed by atoms with Gasteiger partial charge in [0.25, 0.3) is 0 Å². The van der Waals surface area contributed by atoms with Gasteiger partial charge in [0.15, 0.2) is 0 Å². The SMILES string of the molecule is C/N=C\c1c(C)nc(N2CCCCC2)nc1-c1cccc(CN)c1.